The van der Waals surface area contributed by atoms with Crippen LogP contribution in [-0.4, -0.2) is 42.0 Å². The van der Waals surface area contributed by atoms with E-state index >= 15 is 0 Å². The molecule has 0 saturated carbocycles. The third kappa shape index (κ3) is 22.0. The number of para-hydroxylation sites is 3. The second-order valence-electron chi connectivity index (χ2n) is 12.6. The summed E-state index contributed by atoms with van der Waals surface area (Å²) >= 11 is 0. The number of benzene rings is 2. The Kier molecular flexibility index (Phi) is 26.5. The van der Waals surface area contributed by atoms with Crippen molar-refractivity contribution in [1.82, 2.24) is 4.98 Å². The fourth-order valence-corrected chi connectivity index (χ4v) is 6.07. The lowest BCUT2D eigenvalue weighted by molar-refractivity contribution is -0.646. The van der Waals surface area contributed by atoms with Crippen LogP contribution in [-0.2, 0) is 11.3 Å². The highest BCUT2D eigenvalue weighted by Crippen LogP contribution is 2.24. The molecule has 0 fully saturated rings. The minimum Gasteiger partial charge on any atom is -0.494 e. The zero-order valence-corrected chi connectivity index (χ0v) is 30.3. The normalized spacial score (nSPS) is 10.7. The second-order valence-corrected chi connectivity index (χ2v) is 12.6. The van der Waals surface area contributed by atoms with E-state index in [1.54, 1.807) is 7.11 Å². The number of aromatic nitrogens is 2. The lowest BCUT2D eigenvalue weighted by atomic mass is 10.1. The highest BCUT2D eigenvalue weighted by Gasteiger charge is 2.18. The first-order valence-electron chi connectivity index (χ1n) is 18.6. The first kappa shape index (κ1) is 44.2. The Labute approximate surface area is 297 Å². The van der Waals surface area contributed by atoms with Crippen LogP contribution >= 0.6 is 0 Å². The third-order valence-corrected chi connectivity index (χ3v) is 8.60. The Hall–Kier alpha value is -3.84. The Bertz CT molecular complexity index is 1290. The number of hydrogen-bond donors (Lipinski definition) is 1. The van der Waals surface area contributed by atoms with Gasteiger partial charge >= 0.3 is 0 Å². The van der Waals surface area contributed by atoms with E-state index in [1.165, 1.54) is 134 Å². The van der Waals surface area contributed by atoms with Gasteiger partial charge in [-0.25, -0.2) is 4.98 Å². The number of nitrogens with zero attached hydrogens (tertiary/aromatic N) is 4. The fourth-order valence-electron chi connectivity index (χ4n) is 6.07. The lowest BCUT2D eigenvalue weighted by Gasteiger charge is -2.08. The molecule has 0 amide bonds. The van der Waals surface area contributed by atoms with E-state index in [0.29, 0.717) is 0 Å². The molecule has 0 bridgehead atoms. The number of ether oxygens (including phenoxy) is 2. The molecule has 0 aliphatic rings. The van der Waals surface area contributed by atoms with Crippen LogP contribution in [0.5, 0.6) is 5.75 Å². The highest BCUT2D eigenvalue weighted by atomic mass is 16.9. The van der Waals surface area contributed by atoms with Crippen molar-refractivity contribution in [3.05, 3.63) is 73.1 Å². The van der Waals surface area contributed by atoms with Gasteiger partial charge in [0.05, 0.1) is 23.8 Å². The molecule has 1 aromatic heterocycles. The van der Waals surface area contributed by atoms with Gasteiger partial charge in [-0.1, -0.05) is 108 Å². The van der Waals surface area contributed by atoms with Crippen LogP contribution in [0.25, 0.3) is 22.1 Å². The molecular weight excluding hydrogens is 642 g/mol. The SMILES string of the molecule is COc1cccc2c1nc1ccccc1[n+]2CCCCCCCCCCCCOCCCCCCCCCCCC[NH3+].O=[N+]([O-])[O-].O=[N+]([O-])[O-]. The molecule has 3 aromatic rings. The molecule has 0 unspecified atom stereocenters. The van der Waals surface area contributed by atoms with E-state index in [0.717, 1.165) is 48.6 Å². The van der Waals surface area contributed by atoms with Crippen molar-refractivity contribution in [2.45, 2.75) is 135 Å². The van der Waals surface area contributed by atoms with Crippen molar-refractivity contribution < 1.29 is 29.9 Å². The summed E-state index contributed by atoms with van der Waals surface area (Å²) in [6, 6.07) is 14.7. The first-order chi connectivity index (χ1) is 24.3. The van der Waals surface area contributed by atoms with E-state index in [4.69, 9.17) is 45.1 Å². The molecular formula is C37H61N5O8. The van der Waals surface area contributed by atoms with Crippen molar-refractivity contribution in [2.24, 2.45) is 0 Å². The van der Waals surface area contributed by atoms with Crippen LogP contribution in [0.4, 0.5) is 0 Å². The average Bonchev–Trinajstić information content (AvgIpc) is 3.09. The molecule has 282 valence electrons. The number of methoxy groups -OCH3 is 1. The quantitative estimate of drug-likeness (QED) is 0.0281. The topological polar surface area (TPSA) is 195 Å². The molecule has 0 radical (unpaired) electrons. The molecule has 1 heterocycles. The van der Waals surface area contributed by atoms with Crippen LogP contribution < -0.4 is 15.0 Å². The minimum absolute atomic E-state index is 0.845. The van der Waals surface area contributed by atoms with Gasteiger partial charge in [-0.05, 0) is 44.2 Å². The Morgan fingerprint density at radius 1 is 0.600 bits per heavy atom. The average molecular weight is 704 g/mol. The van der Waals surface area contributed by atoms with E-state index in [9.17, 15) is 0 Å². The summed E-state index contributed by atoms with van der Waals surface area (Å²) in [5, 5.41) is 29.5. The molecule has 50 heavy (non-hydrogen) atoms. The maximum absolute atomic E-state index is 8.25. The molecule has 13 nitrogen and oxygen atoms in total. The Balaban J connectivity index is 0.00000141. The van der Waals surface area contributed by atoms with E-state index < -0.39 is 10.2 Å². The first-order valence-corrected chi connectivity index (χ1v) is 18.6. The van der Waals surface area contributed by atoms with E-state index in [-0.39, 0.29) is 0 Å². The van der Waals surface area contributed by atoms with Gasteiger partial charge in [0.15, 0.2) is 11.3 Å². The second kappa shape index (κ2) is 30.0. The van der Waals surface area contributed by atoms with Gasteiger partial charge < -0.3 is 45.9 Å². The largest absolute Gasteiger partial charge is 0.494 e. The highest BCUT2D eigenvalue weighted by molar-refractivity contribution is 5.85. The predicted octanol–water partition coefficient (Wildman–Crippen LogP) is 8.27. The summed E-state index contributed by atoms with van der Waals surface area (Å²) in [4.78, 5) is 21.4. The number of quaternary nitrogens is 1. The molecule has 3 rings (SSSR count). The molecule has 0 saturated heterocycles. The summed E-state index contributed by atoms with van der Waals surface area (Å²) in [5.41, 5.74) is 8.27. The number of unbranched alkanes of at least 4 members (excludes halogenated alkanes) is 18. The van der Waals surface area contributed by atoms with Gasteiger partial charge in [0.2, 0.25) is 11.0 Å². The summed E-state index contributed by atoms with van der Waals surface area (Å²) in [7, 11) is 1.73. The van der Waals surface area contributed by atoms with Crippen LogP contribution in [0.2, 0.25) is 0 Å². The zero-order chi connectivity index (χ0) is 36.7. The minimum atomic E-state index is -1.75. The number of rotatable bonds is 26. The summed E-state index contributed by atoms with van der Waals surface area (Å²) in [5.74, 6) is 0.845. The molecule has 0 atom stereocenters. The molecule has 0 aliphatic carbocycles. The maximum atomic E-state index is 8.25. The van der Waals surface area contributed by atoms with Crippen molar-refractivity contribution in [3.63, 3.8) is 0 Å². The van der Waals surface area contributed by atoms with E-state index in [1.807, 2.05) is 6.07 Å². The number of aryl methyl sites for hydroxylation is 1. The van der Waals surface area contributed by atoms with Crippen molar-refractivity contribution in [2.75, 3.05) is 26.9 Å². The molecule has 0 spiro atoms. The number of fused-ring (bicyclic) bond motifs is 2. The van der Waals surface area contributed by atoms with Gasteiger partial charge in [-0.2, -0.15) is 4.57 Å². The van der Waals surface area contributed by atoms with Gasteiger partial charge in [0, 0.05) is 31.8 Å². The van der Waals surface area contributed by atoms with Crippen molar-refractivity contribution in [1.29, 1.82) is 0 Å². The number of hydrogen-bond acceptors (Lipinski definition) is 9. The van der Waals surface area contributed by atoms with Gasteiger partial charge in [-0.3, -0.25) is 0 Å². The Morgan fingerprint density at radius 2 is 1.02 bits per heavy atom. The molecule has 3 N–H and O–H groups in total. The van der Waals surface area contributed by atoms with Gasteiger partial charge in [0.1, 0.15) is 12.1 Å². The molecule has 2 aromatic carbocycles. The summed E-state index contributed by atoms with van der Waals surface area (Å²) < 4.78 is 13.9. The Morgan fingerprint density at radius 3 is 1.50 bits per heavy atom. The summed E-state index contributed by atoms with van der Waals surface area (Å²) in [6.45, 7) is 4.05. The van der Waals surface area contributed by atoms with Crippen LogP contribution in [0.1, 0.15) is 128 Å². The molecule has 0 aliphatic heterocycles. The summed E-state index contributed by atoms with van der Waals surface area (Å²) in [6.07, 6.45) is 26.9. The standard InChI is InChI=1S/C37H60N3O2.2NO3/c1-41-36-28-24-27-35-37(36)39-33-25-18-19-26-34(33)40(35)30-21-15-11-7-3-5-9-13-17-23-32-42-31-22-16-12-8-4-2-6-10-14-20-29-38;2*2-1(3)4/h18-19,24-28H,2-17,20-23,29-32,38H2,1H3;;/q+1;2*-1/p+1. The zero-order valence-electron chi connectivity index (χ0n) is 30.3. The van der Waals surface area contributed by atoms with Gasteiger partial charge in [-0.15, -0.1) is 0 Å². The van der Waals surface area contributed by atoms with Crippen molar-refractivity contribution >= 4 is 22.1 Å². The van der Waals surface area contributed by atoms with E-state index in [2.05, 4.69) is 46.7 Å². The van der Waals surface area contributed by atoms with Crippen LogP contribution in [0.3, 0.4) is 0 Å². The fraction of sp³-hybridized carbons (Fsp3) is 0.676. The van der Waals surface area contributed by atoms with Crippen molar-refractivity contribution in [3.8, 4) is 5.75 Å². The smallest absolute Gasteiger partial charge is 0.235 e. The predicted molar refractivity (Wildman–Crippen MR) is 198 cm³/mol. The van der Waals surface area contributed by atoms with Crippen LogP contribution in [0, 0.1) is 30.6 Å². The maximum Gasteiger partial charge on any atom is 0.235 e. The van der Waals surface area contributed by atoms with Crippen LogP contribution in [0.15, 0.2) is 42.5 Å². The molecule has 13 heteroatoms. The third-order valence-electron chi connectivity index (χ3n) is 8.60. The monoisotopic (exact) mass is 703 g/mol. The lowest BCUT2D eigenvalue weighted by Crippen LogP contribution is -2.50. The van der Waals surface area contributed by atoms with Gasteiger partial charge in [0.25, 0.3) is 0 Å².